The molecule has 0 heterocycles. The fourth-order valence-electron chi connectivity index (χ4n) is 4.79. The fraction of sp³-hybridized carbons (Fsp3) is 0.586. The summed E-state index contributed by atoms with van der Waals surface area (Å²) >= 11 is 0. The quantitative estimate of drug-likeness (QED) is 0.230. The maximum Gasteiger partial charge on any atom is 0.0701 e. The molecule has 37 heavy (non-hydrogen) atoms. The molecule has 0 bridgehead atoms. The molecule has 0 aromatic heterocycles. The zero-order chi connectivity index (χ0) is 26.0. The van der Waals surface area contributed by atoms with Gasteiger partial charge in [0.05, 0.1) is 79.3 Å². The summed E-state index contributed by atoms with van der Waals surface area (Å²) in [6.07, 6.45) is 1.70. The molecule has 2 N–H and O–H groups in total. The van der Waals surface area contributed by atoms with Gasteiger partial charge in [0.25, 0.3) is 0 Å². The van der Waals surface area contributed by atoms with Crippen LogP contribution in [-0.2, 0) is 33.8 Å². The van der Waals surface area contributed by atoms with Crippen LogP contribution in [0, 0.1) is 0 Å². The molecule has 0 saturated carbocycles. The predicted octanol–water partition coefficient (Wildman–Crippen LogP) is 2.82. The van der Waals surface area contributed by atoms with Gasteiger partial charge in [0.15, 0.2) is 0 Å². The Balaban J connectivity index is 1.50. The molecule has 0 radical (unpaired) electrons. The van der Waals surface area contributed by atoms with E-state index in [1.807, 2.05) is 0 Å². The van der Waals surface area contributed by atoms with Crippen LogP contribution in [0.2, 0.25) is 0 Å². The van der Waals surface area contributed by atoms with Gasteiger partial charge in [-0.1, -0.05) is 48.5 Å². The molecule has 0 aliphatic heterocycles. The zero-order valence-electron chi connectivity index (χ0n) is 21.8. The number of rotatable bonds is 22. The Morgan fingerprint density at radius 2 is 0.757 bits per heavy atom. The molecular formula is C29H42O8. The van der Waals surface area contributed by atoms with E-state index in [-0.39, 0.29) is 18.6 Å². The Labute approximate surface area is 220 Å². The summed E-state index contributed by atoms with van der Waals surface area (Å²) < 4.78 is 33.5. The Bertz CT molecular complexity index is 803. The number of benzene rings is 2. The highest BCUT2D eigenvalue weighted by Gasteiger charge is 2.42. The standard InChI is InChI=1S/C29H42O8/c30-11-15-34-19-23-36-21-17-32-13-9-29(10-14-33-18-22-37-24-20-35-16-12-31)27-7-3-1-5-25(27)26-6-2-4-8-28(26)29/h1-8,30-31H,9-24H2. The van der Waals surface area contributed by atoms with E-state index >= 15 is 0 Å². The molecule has 0 fully saturated rings. The Kier molecular flexibility index (Phi) is 14.1. The molecule has 8 nitrogen and oxygen atoms in total. The van der Waals surface area contributed by atoms with Crippen molar-refractivity contribution in [1.29, 1.82) is 0 Å². The minimum atomic E-state index is -0.175. The third-order valence-corrected chi connectivity index (χ3v) is 6.48. The van der Waals surface area contributed by atoms with Gasteiger partial charge in [0.2, 0.25) is 0 Å². The lowest BCUT2D eigenvalue weighted by Gasteiger charge is -2.32. The SMILES string of the molecule is OCCOCCOCCOCCC1(CCOCCOCCOCCO)c2ccccc2-c2ccccc21. The van der Waals surface area contributed by atoms with Crippen molar-refractivity contribution in [3.8, 4) is 11.1 Å². The molecular weight excluding hydrogens is 476 g/mol. The highest BCUT2D eigenvalue weighted by molar-refractivity contribution is 5.80. The van der Waals surface area contributed by atoms with Crippen molar-refractivity contribution in [3.05, 3.63) is 59.7 Å². The zero-order valence-corrected chi connectivity index (χ0v) is 21.8. The monoisotopic (exact) mass is 518 g/mol. The van der Waals surface area contributed by atoms with Crippen LogP contribution >= 0.6 is 0 Å². The highest BCUT2D eigenvalue weighted by atomic mass is 16.6. The summed E-state index contributed by atoms with van der Waals surface area (Å²) in [6, 6.07) is 17.3. The van der Waals surface area contributed by atoms with Crippen LogP contribution in [0.15, 0.2) is 48.5 Å². The maximum absolute atomic E-state index is 8.73. The second-order valence-electron chi connectivity index (χ2n) is 8.79. The third-order valence-electron chi connectivity index (χ3n) is 6.48. The number of fused-ring (bicyclic) bond motifs is 3. The number of hydrogen-bond acceptors (Lipinski definition) is 8. The van der Waals surface area contributed by atoms with Crippen molar-refractivity contribution < 1.29 is 38.6 Å². The molecule has 0 amide bonds. The molecule has 2 aromatic rings. The molecule has 3 rings (SSSR count). The predicted molar refractivity (Wildman–Crippen MR) is 141 cm³/mol. The van der Waals surface area contributed by atoms with Crippen molar-refractivity contribution in [2.24, 2.45) is 0 Å². The van der Waals surface area contributed by atoms with Gasteiger partial charge in [-0.3, -0.25) is 0 Å². The molecule has 1 aliphatic carbocycles. The Morgan fingerprint density at radius 3 is 1.14 bits per heavy atom. The van der Waals surface area contributed by atoms with Gasteiger partial charge in [-0.05, 0) is 35.1 Å². The lowest BCUT2D eigenvalue weighted by molar-refractivity contribution is 0.00122. The smallest absolute Gasteiger partial charge is 0.0701 e. The van der Waals surface area contributed by atoms with Gasteiger partial charge in [0.1, 0.15) is 0 Å². The number of hydrogen-bond donors (Lipinski definition) is 2. The van der Waals surface area contributed by atoms with Crippen molar-refractivity contribution in [2.75, 3.05) is 92.5 Å². The van der Waals surface area contributed by atoms with Gasteiger partial charge in [-0.15, -0.1) is 0 Å². The van der Waals surface area contributed by atoms with Gasteiger partial charge in [-0.2, -0.15) is 0 Å². The molecule has 206 valence electrons. The first-order valence-corrected chi connectivity index (χ1v) is 13.2. The van der Waals surface area contributed by atoms with Gasteiger partial charge < -0.3 is 38.6 Å². The van der Waals surface area contributed by atoms with Crippen molar-refractivity contribution in [3.63, 3.8) is 0 Å². The van der Waals surface area contributed by atoms with Crippen molar-refractivity contribution in [1.82, 2.24) is 0 Å². The minimum absolute atomic E-state index is 0.0253. The van der Waals surface area contributed by atoms with Crippen LogP contribution in [-0.4, -0.2) is 103 Å². The molecule has 2 aromatic carbocycles. The van der Waals surface area contributed by atoms with Crippen LogP contribution in [0.25, 0.3) is 11.1 Å². The maximum atomic E-state index is 8.73. The first-order valence-electron chi connectivity index (χ1n) is 13.2. The van der Waals surface area contributed by atoms with E-state index in [1.54, 1.807) is 0 Å². The van der Waals surface area contributed by atoms with Gasteiger partial charge in [0, 0.05) is 18.6 Å². The minimum Gasteiger partial charge on any atom is -0.394 e. The largest absolute Gasteiger partial charge is 0.394 e. The number of aliphatic hydroxyl groups is 2. The normalized spacial score (nSPS) is 13.6. The second kappa shape index (κ2) is 17.6. The number of ether oxygens (including phenoxy) is 6. The van der Waals surface area contributed by atoms with Gasteiger partial charge >= 0.3 is 0 Å². The van der Waals surface area contributed by atoms with E-state index in [1.165, 1.54) is 22.3 Å². The highest BCUT2D eigenvalue weighted by Crippen LogP contribution is 2.52. The van der Waals surface area contributed by atoms with Crippen LogP contribution in [0.3, 0.4) is 0 Å². The first-order chi connectivity index (χ1) is 18.3. The van der Waals surface area contributed by atoms with E-state index in [0.29, 0.717) is 79.3 Å². The topological polar surface area (TPSA) is 95.8 Å². The summed E-state index contributed by atoms with van der Waals surface area (Å²) in [7, 11) is 0. The summed E-state index contributed by atoms with van der Waals surface area (Å²) in [5.41, 5.74) is 5.06. The van der Waals surface area contributed by atoms with Crippen molar-refractivity contribution >= 4 is 0 Å². The average Bonchev–Trinajstić information content (AvgIpc) is 3.21. The summed E-state index contributed by atoms with van der Waals surface area (Å²) in [4.78, 5) is 0. The van der Waals surface area contributed by atoms with Crippen molar-refractivity contribution in [2.45, 2.75) is 18.3 Å². The van der Waals surface area contributed by atoms with E-state index in [0.717, 1.165) is 12.8 Å². The molecule has 1 aliphatic rings. The van der Waals surface area contributed by atoms with E-state index < -0.39 is 0 Å². The first kappa shape index (κ1) is 29.7. The van der Waals surface area contributed by atoms with E-state index in [4.69, 9.17) is 38.6 Å². The Hall–Kier alpha value is -1.88. The van der Waals surface area contributed by atoms with Crippen LogP contribution in [0.1, 0.15) is 24.0 Å². The third kappa shape index (κ3) is 9.12. The fourth-order valence-corrected chi connectivity index (χ4v) is 4.79. The van der Waals surface area contributed by atoms with Crippen LogP contribution in [0.5, 0.6) is 0 Å². The second-order valence-corrected chi connectivity index (χ2v) is 8.79. The Morgan fingerprint density at radius 1 is 0.432 bits per heavy atom. The lowest BCUT2D eigenvalue weighted by Crippen LogP contribution is -2.29. The molecule has 0 spiro atoms. The molecule has 8 heteroatoms. The summed E-state index contributed by atoms with van der Waals surface area (Å²) in [5.74, 6) is 0. The number of aliphatic hydroxyl groups excluding tert-OH is 2. The summed E-state index contributed by atoms with van der Waals surface area (Å²) in [5, 5.41) is 17.5. The van der Waals surface area contributed by atoms with E-state index in [2.05, 4.69) is 48.5 Å². The lowest BCUT2D eigenvalue weighted by atomic mass is 9.73. The van der Waals surface area contributed by atoms with E-state index in [9.17, 15) is 0 Å². The van der Waals surface area contributed by atoms with Crippen LogP contribution < -0.4 is 0 Å². The van der Waals surface area contributed by atoms with Gasteiger partial charge in [-0.25, -0.2) is 0 Å². The molecule has 0 saturated heterocycles. The average molecular weight is 519 g/mol. The molecule has 0 unspecified atom stereocenters. The van der Waals surface area contributed by atoms with Crippen LogP contribution in [0.4, 0.5) is 0 Å². The summed E-state index contributed by atoms with van der Waals surface area (Å²) in [6.45, 7) is 5.94. The molecule has 0 atom stereocenters.